The van der Waals surface area contributed by atoms with E-state index in [0.717, 1.165) is 24.6 Å². The van der Waals surface area contributed by atoms with Crippen molar-refractivity contribution in [2.75, 3.05) is 20.8 Å². The average Bonchev–Trinajstić information content (AvgIpc) is 2.83. The number of carbonyl (C=O) groups is 1. The Morgan fingerprint density at radius 2 is 1.88 bits per heavy atom. The molecule has 0 atom stereocenters. The molecule has 5 nitrogen and oxygen atoms in total. The van der Waals surface area contributed by atoms with E-state index in [-0.39, 0.29) is 5.97 Å². The molecule has 1 aromatic carbocycles. The van der Waals surface area contributed by atoms with Crippen molar-refractivity contribution in [2.45, 2.75) is 19.9 Å². The fourth-order valence-electron chi connectivity index (χ4n) is 2.42. The van der Waals surface area contributed by atoms with Crippen LogP contribution in [0.25, 0.3) is 0 Å². The quantitative estimate of drug-likeness (QED) is 0.336. The van der Waals surface area contributed by atoms with Gasteiger partial charge in [-0.3, -0.25) is 0 Å². The molecule has 0 aliphatic heterocycles. The largest absolute Gasteiger partial charge is 0.493 e. The molecule has 0 aliphatic rings. The molecule has 0 aliphatic carbocycles. The third kappa shape index (κ3) is 4.51. The third-order valence-corrected chi connectivity index (χ3v) is 7.55. The van der Waals surface area contributed by atoms with Crippen LogP contribution in [0.4, 0.5) is 0 Å². The van der Waals surface area contributed by atoms with Crippen LogP contribution in [0, 0.1) is 3.57 Å². The highest BCUT2D eigenvalue weighted by Gasteiger charge is 2.24. The zero-order valence-electron chi connectivity index (χ0n) is 14.1. The summed E-state index contributed by atoms with van der Waals surface area (Å²) in [5.74, 6) is 1.05. The van der Waals surface area contributed by atoms with E-state index in [4.69, 9.17) is 14.2 Å². The highest BCUT2D eigenvalue weighted by molar-refractivity contribution is 14.1. The minimum Gasteiger partial charge on any atom is -0.493 e. The Labute approximate surface area is 177 Å². The van der Waals surface area contributed by atoms with E-state index in [1.54, 1.807) is 21.1 Å². The number of methoxy groups -OCH3 is 2. The highest BCUT2D eigenvalue weighted by Crippen LogP contribution is 2.35. The molecule has 0 unspecified atom stereocenters. The minimum absolute atomic E-state index is 0.328. The number of aryl methyl sites for hydroxylation is 1. The van der Waals surface area contributed by atoms with Crippen molar-refractivity contribution < 1.29 is 19.0 Å². The number of benzene rings is 1. The van der Waals surface area contributed by atoms with E-state index in [1.165, 1.54) is 0 Å². The molecule has 2 rings (SSSR count). The van der Waals surface area contributed by atoms with E-state index in [0.29, 0.717) is 30.3 Å². The lowest BCUT2D eigenvalue weighted by Crippen LogP contribution is -2.15. The van der Waals surface area contributed by atoms with Gasteiger partial charge in [-0.1, -0.05) is 6.07 Å². The molecular weight excluding hydrogens is 569 g/mol. The van der Waals surface area contributed by atoms with E-state index in [1.807, 2.05) is 22.8 Å². The van der Waals surface area contributed by atoms with Gasteiger partial charge in [0.2, 0.25) is 0 Å². The number of rotatable bonds is 7. The molecule has 0 saturated carbocycles. The van der Waals surface area contributed by atoms with Gasteiger partial charge in [-0.05, 0) is 85.5 Å². The standard InChI is InChI=1S/C17H18Br2INO4/c1-4-25-17(22)15-14(20)13(18)16(19)21(15)8-7-10-5-6-11(23-2)12(9-10)24-3/h5-6,9H,4,7-8H2,1-3H3. The first-order valence-electron chi connectivity index (χ1n) is 7.55. The van der Waals surface area contributed by atoms with E-state index in [2.05, 4.69) is 54.5 Å². The Morgan fingerprint density at radius 1 is 1.20 bits per heavy atom. The van der Waals surface area contributed by atoms with Gasteiger partial charge >= 0.3 is 5.97 Å². The van der Waals surface area contributed by atoms with Crippen molar-refractivity contribution in [2.24, 2.45) is 0 Å². The van der Waals surface area contributed by atoms with Gasteiger partial charge in [-0.2, -0.15) is 0 Å². The van der Waals surface area contributed by atoms with E-state index >= 15 is 0 Å². The van der Waals surface area contributed by atoms with Crippen LogP contribution >= 0.6 is 54.5 Å². The Balaban J connectivity index is 2.29. The smallest absolute Gasteiger partial charge is 0.356 e. The molecule has 0 fully saturated rings. The first kappa shape index (κ1) is 20.6. The number of esters is 1. The zero-order valence-corrected chi connectivity index (χ0v) is 19.4. The number of hydrogen-bond acceptors (Lipinski definition) is 4. The average molecular weight is 587 g/mol. The molecule has 0 radical (unpaired) electrons. The number of ether oxygens (including phenoxy) is 3. The van der Waals surface area contributed by atoms with Crippen molar-refractivity contribution in [3.05, 3.63) is 42.1 Å². The predicted molar refractivity (Wildman–Crippen MR) is 112 cm³/mol. The Morgan fingerprint density at radius 3 is 2.48 bits per heavy atom. The van der Waals surface area contributed by atoms with Crippen LogP contribution in [-0.2, 0) is 17.7 Å². The van der Waals surface area contributed by atoms with Crippen molar-refractivity contribution in [3.8, 4) is 11.5 Å². The van der Waals surface area contributed by atoms with Crippen LogP contribution in [0.2, 0.25) is 0 Å². The summed E-state index contributed by atoms with van der Waals surface area (Å²) in [5, 5.41) is 0. The summed E-state index contributed by atoms with van der Waals surface area (Å²) in [7, 11) is 3.22. The highest BCUT2D eigenvalue weighted by atomic mass is 127. The van der Waals surface area contributed by atoms with Crippen molar-refractivity contribution >= 4 is 60.4 Å². The van der Waals surface area contributed by atoms with Gasteiger partial charge in [0.1, 0.15) is 10.3 Å². The molecule has 1 heterocycles. The number of aromatic nitrogens is 1. The normalized spacial score (nSPS) is 10.6. The maximum Gasteiger partial charge on any atom is 0.356 e. The second kappa shape index (κ2) is 9.27. The molecule has 0 bridgehead atoms. The number of carbonyl (C=O) groups excluding carboxylic acids is 1. The van der Waals surface area contributed by atoms with Gasteiger partial charge in [0, 0.05) is 6.54 Å². The second-order valence-electron chi connectivity index (χ2n) is 5.08. The Hall–Kier alpha value is -0.740. The lowest BCUT2D eigenvalue weighted by molar-refractivity contribution is 0.0512. The van der Waals surface area contributed by atoms with Gasteiger partial charge in [0.05, 0.1) is 28.9 Å². The van der Waals surface area contributed by atoms with Gasteiger partial charge in [-0.15, -0.1) is 0 Å². The monoisotopic (exact) mass is 585 g/mol. The van der Waals surface area contributed by atoms with Gasteiger partial charge < -0.3 is 18.8 Å². The van der Waals surface area contributed by atoms with Crippen LogP contribution in [0.15, 0.2) is 27.3 Å². The van der Waals surface area contributed by atoms with Gasteiger partial charge in [0.15, 0.2) is 11.5 Å². The van der Waals surface area contributed by atoms with Crippen LogP contribution in [0.1, 0.15) is 23.0 Å². The van der Waals surface area contributed by atoms with Crippen LogP contribution in [0.5, 0.6) is 11.5 Å². The Bertz CT molecular complexity index is 776. The number of nitrogens with zero attached hydrogens (tertiary/aromatic N) is 1. The first-order chi connectivity index (χ1) is 11.9. The zero-order chi connectivity index (χ0) is 18.6. The lowest BCUT2D eigenvalue weighted by Gasteiger charge is -2.12. The van der Waals surface area contributed by atoms with Crippen LogP contribution in [-0.4, -0.2) is 31.4 Å². The molecule has 1 aromatic heterocycles. The molecule has 136 valence electrons. The van der Waals surface area contributed by atoms with Gasteiger partial charge in [-0.25, -0.2) is 4.79 Å². The SMILES string of the molecule is CCOC(=O)c1c(I)c(Br)c(Br)n1CCc1ccc(OC)c(OC)c1. The summed E-state index contributed by atoms with van der Waals surface area (Å²) in [6, 6.07) is 5.81. The van der Waals surface area contributed by atoms with E-state index < -0.39 is 0 Å². The third-order valence-electron chi connectivity index (χ3n) is 3.63. The molecule has 0 amide bonds. The summed E-state index contributed by atoms with van der Waals surface area (Å²) >= 11 is 9.22. The molecule has 0 saturated heterocycles. The van der Waals surface area contributed by atoms with Gasteiger partial charge in [0.25, 0.3) is 0 Å². The molecule has 8 heteroatoms. The van der Waals surface area contributed by atoms with E-state index in [9.17, 15) is 4.79 Å². The lowest BCUT2D eigenvalue weighted by atomic mass is 10.1. The van der Waals surface area contributed by atoms with Crippen LogP contribution in [0.3, 0.4) is 0 Å². The summed E-state index contributed by atoms with van der Waals surface area (Å²) < 4.78 is 20.2. The van der Waals surface area contributed by atoms with Crippen molar-refractivity contribution in [1.82, 2.24) is 4.57 Å². The molecular formula is C17H18Br2INO4. The number of halogens is 3. The summed E-state index contributed by atoms with van der Waals surface area (Å²) in [6.45, 7) is 2.75. The Kier molecular flexibility index (Phi) is 7.63. The maximum absolute atomic E-state index is 12.3. The fourth-order valence-corrected chi connectivity index (χ4v) is 4.51. The summed E-state index contributed by atoms with van der Waals surface area (Å²) in [4.78, 5) is 12.3. The molecule has 0 spiro atoms. The molecule has 2 aromatic rings. The molecule has 0 N–H and O–H groups in total. The second-order valence-corrected chi connectivity index (χ2v) is 7.70. The predicted octanol–water partition coefficient (Wildman–Crippen LogP) is 5.05. The van der Waals surface area contributed by atoms with Crippen molar-refractivity contribution in [1.29, 1.82) is 0 Å². The maximum atomic E-state index is 12.3. The first-order valence-corrected chi connectivity index (χ1v) is 10.2. The molecule has 25 heavy (non-hydrogen) atoms. The van der Waals surface area contributed by atoms with Crippen LogP contribution < -0.4 is 9.47 Å². The number of hydrogen-bond donors (Lipinski definition) is 0. The summed E-state index contributed by atoms with van der Waals surface area (Å²) in [5.41, 5.74) is 1.63. The minimum atomic E-state index is -0.328. The summed E-state index contributed by atoms with van der Waals surface area (Å²) in [6.07, 6.45) is 0.725. The topological polar surface area (TPSA) is 49.7 Å². The fraction of sp³-hybridized carbons (Fsp3) is 0.353. The van der Waals surface area contributed by atoms with Crippen molar-refractivity contribution in [3.63, 3.8) is 0 Å².